The Morgan fingerprint density at radius 1 is 1.12 bits per heavy atom. The Hall–Kier alpha value is -2.27. The Morgan fingerprint density at radius 3 is 2.62 bits per heavy atom. The van der Waals surface area contributed by atoms with Gasteiger partial charge < -0.3 is 10.2 Å². The van der Waals surface area contributed by atoms with Crippen LogP contribution in [-0.2, 0) is 0 Å². The van der Waals surface area contributed by atoms with Gasteiger partial charge in [0, 0.05) is 20.8 Å². The monoisotopic (exact) mass is 401 g/mol. The molecule has 0 aliphatic carbocycles. The highest BCUT2D eigenvalue weighted by Gasteiger charge is 2.22. The van der Waals surface area contributed by atoms with E-state index in [0.29, 0.717) is 27.2 Å². The van der Waals surface area contributed by atoms with Crippen LogP contribution in [0.1, 0.15) is 21.7 Å². The van der Waals surface area contributed by atoms with Crippen molar-refractivity contribution in [3.8, 4) is 10.4 Å². The summed E-state index contributed by atoms with van der Waals surface area (Å²) < 4.78 is 5.82. The maximum Gasteiger partial charge on any atom is 0.231 e. The van der Waals surface area contributed by atoms with E-state index in [1.165, 1.54) is 11.6 Å². The lowest BCUT2D eigenvalue weighted by Gasteiger charge is -2.02. The summed E-state index contributed by atoms with van der Waals surface area (Å²) in [5.41, 5.74) is 9.58. The molecule has 2 aromatic heterocycles. The van der Waals surface area contributed by atoms with Gasteiger partial charge in [-0.1, -0.05) is 29.3 Å². The van der Waals surface area contributed by atoms with Crippen LogP contribution in [0, 0.1) is 6.92 Å². The van der Waals surface area contributed by atoms with Crippen molar-refractivity contribution < 1.29 is 9.21 Å². The lowest BCUT2D eigenvalue weighted by Crippen LogP contribution is -2.03. The summed E-state index contributed by atoms with van der Waals surface area (Å²) in [5.74, 6) is -0.279. The van der Waals surface area contributed by atoms with Crippen molar-refractivity contribution in [1.82, 2.24) is 0 Å². The van der Waals surface area contributed by atoms with Crippen molar-refractivity contribution in [2.45, 2.75) is 6.92 Å². The van der Waals surface area contributed by atoms with Gasteiger partial charge in [-0.15, -0.1) is 11.3 Å². The molecular formula is C20H13Cl2NO2S. The number of ketones is 1. The predicted molar refractivity (Wildman–Crippen MR) is 109 cm³/mol. The molecule has 3 nitrogen and oxygen atoms in total. The second-order valence-electron chi connectivity index (χ2n) is 5.94. The number of nitrogen functional groups attached to an aromatic ring is 1. The van der Waals surface area contributed by atoms with Crippen LogP contribution in [0.15, 0.2) is 52.3 Å². The van der Waals surface area contributed by atoms with Gasteiger partial charge in [0.2, 0.25) is 5.78 Å². The third-order valence-corrected chi connectivity index (χ3v) is 5.85. The fourth-order valence-electron chi connectivity index (χ4n) is 2.89. The molecule has 2 N–H and O–H groups in total. The third kappa shape index (κ3) is 2.80. The molecular weight excluding hydrogens is 389 g/mol. The minimum absolute atomic E-state index is 0.0873. The Morgan fingerprint density at radius 2 is 1.92 bits per heavy atom. The van der Waals surface area contributed by atoms with Crippen molar-refractivity contribution in [2.24, 2.45) is 0 Å². The van der Waals surface area contributed by atoms with Crippen LogP contribution in [0.2, 0.25) is 10.0 Å². The molecule has 0 bridgehead atoms. The van der Waals surface area contributed by atoms with E-state index in [-0.39, 0.29) is 16.6 Å². The fourth-order valence-corrected chi connectivity index (χ4v) is 4.31. The van der Waals surface area contributed by atoms with E-state index in [4.69, 9.17) is 33.4 Å². The molecule has 0 amide bonds. The summed E-state index contributed by atoms with van der Waals surface area (Å²) >= 11 is 13.7. The minimum Gasteiger partial charge on any atom is -0.450 e. The van der Waals surface area contributed by atoms with Crippen molar-refractivity contribution in [3.05, 3.63) is 74.8 Å². The standard InChI is InChI=1S/C20H13Cl2NO2S/c1-10-6-7-26-20(10)11-2-4-14-16(8-11)25-19(17(14)23)18(24)13-5-3-12(21)9-15(13)22/h2-9H,23H2,1H3. The molecule has 0 unspecified atom stereocenters. The Bertz CT molecular complexity index is 1160. The van der Waals surface area contributed by atoms with Gasteiger partial charge in [0.05, 0.1) is 10.7 Å². The van der Waals surface area contributed by atoms with E-state index in [2.05, 4.69) is 13.0 Å². The first-order chi connectivity index (χ1) is 12.5. The summed E-state index contributed by atoms with van der Waals surface area (Å²) in [6.45, 7) is 2.06. The van der Waals surface area contributed by atoms with Crippen LogP contribution < -0.4 is 5.73 Å². The van der Waals surface area contributed by atoms with E-state index >= 15 is 0 Å². The van der Waals surface area contributed by atoms with E-state index in [0.717, 1.165) is 10.4 Å². The highest BCUT2D eigenvalue weighted by Crippen LogP contribution is 2.36. The smallest absolute Gasteiger partial charge is 0.231 e. The van der Waals surface area contributed by atoms with Crippen LogP contribution in [0.4, 0.5) is 5.69 Å². The largest absolute Gasteiger partial charge is 0.450 e. The average molecular weight is 402 g/mol. The van der Waals surface area contributed by atoms with Gasteiger partial charge in [-0.2, -0.15) is 0 Å². The van der Waals surface area contributed by atoms with E-state index in [9.17, 15) is 4.79 Å². The van der Waals surface area contributed by atoms with Gasteiger partial charge in [0.15, 0.2) is 5.76 Å². The van der Waals surface area contributed by atoms with Gasteiger partial charge in [0.25, 0.3) is 0 Å². The molecule has 0 radical (unpaired) electrons. The van der Waals surface area contributed by atoms with Gasteiger partial charge in [0.1, 0.15) is 5.58 Å². The number of nitrogens with two attached hydrogens (primary N) is 1. The first-order valence-electron chi connectivity index (χ1n) is 7.82. The number of anilines is 1. The summed E-state index contributed by atoms with van der Waals surface area (Å²) in [7, 11) is 0. The highest BCUT2D eigenvalue weighted by atomic mass is 35.5. The van der Waals surface area contributed by atoms with Crippen molar-refractivity contribution in [1.29, 1.82) is 0 Å². The molecule has 6 heteroatoms. The normalized spacial score (nSPS) is 11.2. The molecule has 0 saturated heterocycles. The first kappa shape index (κ1) is 17.2. The molecule has 2 aromatic carbocycles. The number of carbonyl (C=O) groups excluding carboxylic acids is 1. The van der Waals surface area contributed by atoms with Crippen LogP contribution in [-0.4, -0.2) is 5.78 Å². The minimum atomic E-state index is -0.366. The molecule has 26 heavy (non-hydrogen) atoms. The number of aryl methyl sites for hydroxylation is 1. The molecule has 130 valence electrons. The number of benzene rings is 2. The van der Waals surface area contributed by atoms with Crippen molar-refractivity contribution >= 4 is 57.0 Å². The van der Waals surface area contributed by atoms with E-state index in [1.807, 2.05) is 23.6 Å². The molecule has 4 rings (SSSR count). The Kier molecular flexibility index (Phi) is 4.27. The zero-order chi connectivity index (χ0) is 18.4. The lowest BCUT2D eigenvalue weighted by atomic mass is 10.1. The van der Waals surface area contributed by atoms with Gasteiger partial charge in [-0.05, 0) is 59.8 Å². The Labute approximate surface area is 163 Å². The highest BCUT2D eigenvalue weighted by molar-refractivity contribution is 7.13. The molecule has 4 aromatic rings. The fraction of sp³-hybridized carbons (Fsp3) is 0.0500. The topological polar surface area (TPSA) is 56.2 Å². The summed E-state index contributed by atoms with van der Waals surface area (Å²) in [5, 5.41) is 3.47. The summed E-state index contributed by atoms with van der Waals surface area (Å²) in [6, 6.07) is 12.5. The average Bonchev–Trinajstić information content (AvgIpc) is 3.17. The molecule has 0 fully saturated rings. The molecule has 0 aliphatic rings. The second kappa shape index (κ2) is 6.47. The Balaban J connectivity index is 1.82. The maximum atomic E-state index is 12.8. The number of fused-ring (bicyclic) bond motifs is 1. The third-order valence-electron chi connectivity index (χ3n) is 4.23. The van der Waals surface area contributed by atoms with Crippen LogP contribution >= 0.6 is 34.5 Å². The number of carbonyl (C=O) groups is 1. The summed E-state index contributed by atoms with van der Waals surface area (Å²) in [4.78, 5) is 14.0. The zero-order valence-electron chi connectivity index (χ0n) is 13.7. The van der Waals surface area contributed by atoms with Crippen LogP contribution in [0.5, 0.6) is 0 Å². The number of halogens is 2. The van der Waals surface area contributed by atoms with E-state index in [1.54, 1.807) is 23.5 Å². The van der Waals surface area contributed by atoms with Gasteiger partial charge in [-0.25, -0.2) is 0 Å². The summed E-state index contributed by atoms with van der Waals surface area (Å²) in [6.07, 6.45) is 0. The number of rotatable bonds is 3. The molecule has 0 spiro atoms. The number of furan rings is 1. The van der Waals surface area contributed by atoms with Crippen LogP contribution in [0.25, 0.3) is 21.4 Å². The van der Waals surface area contributed by atoms with Crippen molar-refractivity contribution in [3.63, 3.8) is 0 Å². The second-order valence-corrected chi connectivity index (χ2v) is 7.70. The first-order valence-corrected chi connectivity index (χ1v) is 9.45. The SMILES string of the molecule is Cc1ccsc1-c1ccc2c(N)c(C(=O)c3ccc(Cl)cc3Cl)oc2c1. The predicted octanol–water partition coefficient (Wildman–Crippen LogP) is 6.59. The maximum absolute atomic E-state index is 12.8. The number of thiophene rings is 1. The van der Waals surface area contributed by atoms with Gasteiger partial charge >= 0.3 is 0 Å². The van der Waals surface area contributed by atoms with Crippen LogP contribution in [0.3, 0.4) is 0 Å². The molecule has 0 saturated carbocycles. The van der Waals surface area contributed by atoms with Gasteiger partial charge in [-0.3, -0.25) is 4.79 Å². The zero-order valence-corrected chi connectivity index (χ0v) is 16.0. The quantitative estimate of drug-likeness (QED) is 0.393. The molecule has 0 aliphatic heterocycles. The van der Waals surface area contributed by atoms with E-state index < -0.39 is 0 Å². The lowest BCUT2D eigenvalue weighted by molar-refractivity contribution is 0.101. The number of hydrogen-bond donors (Lipinski definition) is 1. The van der Waals surface area contributed by atoms with Crippen molar-refractivity contribution in [2.75, 3.05) is 5.73 Å². The number of hydrogen-bond acceptors (Lipinski definition) is 4. The molecule has 0 atom stereocenters. The molecule has 2 heterocycles.